The third kappa shape index (κ3) is 2.93. The van der Waals surface area contributed by atoms with Gasteiger partial charge in [0.1, 0.15) is 0 Å². The summed E-state index contributed by atoms with van der Waals surface area (Å²) in [6, 6.07) is 2.34. The van der Waals surface area contributed by atoms with Crippen LogP contribution >= 0.6 is 0 Å². The number of hydrogen-bond acceptors (Lipinski definition) is 5. The third-order valence-electron chi connectivity index (χ3n) is 5.86. The first-order valence-corrected chi connectivity index (χ1v) is 10.6. The van der Waals surface area contributed by atoms with Crippen molar-refractivity contribution in [2.75, 3.05) is 39.4 Å². The van der Waals surface area contributed by atoms with Gasteiger partial charge in [-0.05, 0) is 18.8 Å². The highest BCUT2D eigenvalue weighted by Gasteiger charge is 2.56. The Kier molecular flexibility index (Phi) is 4.22. The van der Waals surface area contributed by atoms with E-state index in [1.54, 1.807) is 17.4 Å². The Hall–Kier alpha value is -0.960. The number of ether oxygens (including phenoxy) is 1. The van der Waals surface area contributed by atoms with E-state index in [1.807, 2.05) is 13.8 Å². The molecule has 7 nitrogen and oxygen atoms in total. The molecule has 3 saturated heterocycles. The molecule has 25 heavy (non-hydrogen) atoms. The number of rotatable bonds is 4. The molecular formula is C17H28N4O3S. The fourth-order valence-electron chi connectivity index (χ4n) is 4.32. The molecule has 0 aromatic carbocycles. The lowest BCUT2D eigenvalue weighted by Crippen LogP contribution is -2.74. The van der Waals surface area contributed by atoms with Gasteiger partial charge in [-0.2, -0.15) is 9.40 Å². The molecule has 0 bridgehead atoms. The average molecular weight is 369 g/mol. The Labute approximate surface area is 150 Å². The fraction of sp³-hybridized carbons (Fsp3) is 0.824. The zero-order chi connectivity index (χ0) is 17.8. The first-order valence-electron chi connectivity index (χ1n) is 9.17. The van der Waals surface area contributed by atoms with Crippen molar-refractivity contribution in [3.63, 3.8) is 0 Å². The summed E-state index contributed by atoms with van der Waals surface area (Å²) in [6.07, 6.45) is 2.20. The van der Waals surface area contributed by atoms with Crippen molar-refractivity contribution in [1.29, 1.82) is 0 Å². The monoisotopic (exact) mass is 368 g/mol. The number of nitrogens with zero attached hydrogens (tertiary/aromatic N) is 4. The van der Waals surface area contributed by atoms with Gasteiger partial charge in [-0.3, -0.25) is 9.58 Å². The Morgan fingerprint density at radius 2 is 1.84 bits per heavy atom. The summed E-state index contributed by atoms with van der Waals surface area (Å²) in [5, 5.41) is 4.66. The summed E-state index contributed by atoms with van der Waals surface area (Å²) in [5.41, 5.74) is 0.996. The molecule has 0 radical (unpaired) electrons. The minimum Gasteiger partial charge on any atom is -0.381 e. The van der Waals surface area contributed by atoms with E-state index in [0.717, 1.165) is 44.8 Å². The Balaban J connectivity index is 1.39. The largest absolute Gasteiger partial charge is 0.381 e. The molecule has 0 saturated carbocycles. The van der Waals surface area contributed by atoms with E-state index < -0.39 is 10.0 Å². The van der Waals surface area contributed by atoms with Crippen LogP contribution in [0.3, 0.4) is 0 Å². The maximum atomic E-state index is 12.9. The van der Waals surface area contributed by atoms with Crippen LogP contribution in [0.15, 0.2) is 11.1 Å². The number of likely N-dealkylation sites (tertiary alicyclic amines) is 1. The second kappa shape index (κ2) is 6.04. The van der Waals surface area contributed by atoms with E-state index in [1.165, 1.54) is 4.68 Å². The summed E-state index contributed by atoms with van der Waals surface area (Å²) >= 11 is 0. The van der Waals surface area contributed by atoms with Gasteiger partial charge in [-0.15, -0.1) is 0 Å². The van der Waals surface area contributed by atoms with Crippen LogP contribution < -0.4 is 0 Å². The molecule has 0 unspecified atom stereocenters. The van der Waals surface area contributed by atoms with Gasteiger partial charge >= 0.3 is 0 Å². The highest BCUT2D eigenvalue weighted by Crippen LogP contribution is 2.44. The molecular weight excluding hydrogens is 340 g/mol. The summed E-state index contributed by atoms with van der Waals surface area (Å²) < 4.78 is 34.4. The molecule has 1 spiro atoms. The topological polar surface area (TPSA) is 67.7 Å². The highest BCUT2D eigenvalue weighted by molar-refractivity contribution is 7.89. The molecule has 1 aromatic rings. The third-order valence-corrected chi connectivity index (χ3v) is 7.71. The summed E-state index contributed by atoms with van der Waals surface area (Å²) in [7, 11) is -1.73. The molecule has 3 aliphatic rings. The van der Waals surface area contributed by atoms with E-state index in [0.29, 0.717) is 24.2 Å². The lowest BCUT2D eigenvalue weighted by atomic mass is 9.73. The van der Waals surface area contributed by atoms with Gasteiger partial charge in [-0.25, -0.2) is 8.42 Å². The molecule has 4 heterocycles. The number of aryl methyl sites for hydroxylation is 1. The lowest BCUT2D eigenvalue weighted by molar-refractivity contribution is -0.116. The van der Waals surface area contributed by atoms with Crippen molar-refractivity contribution < 1.29 is 13.2 Å². The van der Waals surface area contributed by atoms with Gasteiger partial charge in [0.2, 0.25) is 0 Å². The molecule has 1 aromatic heterocycles. The van der Waals surface area contributed by atoms with Crippen LogP contribution in [0.1, 0.15) is 38.3 Å². The molecule has 0 atom stereocenters. The van der Waals surface area contributed by atoms with Crippen LogP contribution in [-0.4, -0.2) is 72.8 Å². The van der Waals surface area contributed by atoms with E-state index in [9.17, 15) is 8.42 Å². The van der Waals surface area contributed by atoms with E-state index in [4.69, 9.17) is 4.74 Å². The summed E-state index contributed by atoms with van der Waals surface area (Å²) in [5.74, 6) is 0.220. The molecule has 0 amide bonds. The normalized spacial score (nSPS) is 25.3. The number of hydrogen-bond donors (Lipinski definition) is 0. The van der Waals surface area contributed by atoms with Crippen molar-refractivity contribution in [2.45, 2.75) is 43.7 Å². The van der Waals surface area contributed by atoms with Crippen molar-refractivity contribution in [1.82, 2.24) is 19.0 Å². The molecule has 0 N–H and O–H groups in total. The molecule has 140 valence electrons. The fourth-order valence-corrected chi connectivity index (χ4v) is 6.12. The van der Waals surface area contributed by atoms with Crippen molar-refractivity contribution >= 4 is 10.0 Å². The van der Waals surface area contributed by atoms with Crippen molar-refractivity contribution in [3.05, 3.63) is 11.8 Å². The standard InChI is InChI=1S/C17H28N4O3S/c1-13(2)15-8-16(19(3)18-15)25(22,23)21-11-17(12-21)9-20(10-17)14-4-6-24-7-5-14/h8,13-14H,4-7,9-12H2,1-3H3. The molecule has 4 rings (SSSR count). The van der Waals surface area contributed by atoms with Gasteiger partial charge in [0.05, 0.1) is 5.69 Å². The molecule has 8 heteroatoms. The minimum absolute atomic E-state index is 0.171. The average Bonchev–Trinajstić information content (AvgIpc) is 2.88. The Morgan fingerprint density at radius 3 is 2.40 bits per heavy atom. The Bertz CT molecular complexity index is 738. The van der Waals surface area contributed by atoms with Crippen molar-refractivity contribution in [2.24, 2.45) is 12.5 Å². The number of sulfonamides is 1. The highest BCUT2D eigenvalue weighted by atomic mass is 32.2. The van der Waals surface area contributed by atoms with Gasteiger partial charge in [0.25, 0.3) is 10.0 Å². The molecule has 3 fully saturated rings. The van der Waals surface area contributed by atoms with Crippen LogP contribution in [0.2, 0.25) is 0 Å². The SMILES string of the molecule is CC(C)c1cc(S(=O)(=O)N2CC3(CN(C4CCOCC4)C3)C2)n(C)n1. The molecule has 0 aliphatic carbocycles. The second-order valence-electron chi connectivity index (χ2n) is 8.21. The molecule has 3 aliphatic heterocycles. The van der Waals surface area contributed by atoms with Gasteiger partial charge in [0.15, 0.2) is 5.03 Å². The van der Waals surface area contributed by atoms with Crippen LogP contribution in [0, 0.1) is 5.41 Å². The number of aromatic nitrogens is 2. The predicted octanol–water partition coefficient (Wildman–Crippen LogP) is 1.03. The van der Waals surface area contributed by atoms with Gasteiger partial charge < -0.3 is 4.74 Å². The van der Waals surface area contributed by atoms with E-state index in [-0.39, 0.29) is 11.3 Å². The van der Waals surface area contributed by atoms with Crippen molar-refractivity contribution in [3.8, 4) is 0 Å². The summed E-state index contributed by atoms with van der Waals surface area (Å²) in [6.45, 7) is 9.07. The minimum atomic E-state index is -3.44. The zero-order valence-corrected chi connectivity index (χ0v) is 16.1. The second-order valence-corrected chi connectivity index (χ2v) is 10.1. The quantitative estimate of drug-likeness (QED) is 0.794. The van der Waals surface area contributed by atoms with Gasteiger partial charge in [0, 0.05) is 64.0 Å². The first kappa shape index (κ1) is 17.5. The maximum absolute atomic E-state index is 12.9. The lowest BCUT2D eigenvalue weighted by Gasteiger charge is -2.61. The Morgan fingerprint density at radius 1 is 1.20 bits per heavy atom. The van der Waals surface area contributed by atoms with E-state index in [2.05, 4.69) is 10.00 Å². The van der Waals surface area contributed by atoms with Crippen LogP contribution in [-0.2, 0) is 21.8 Å². The van der Waals surface area contributed by atoms with Crippen LogP contribution in [0.4, 0.5) is 0 Å². The maximum Gasteiger partial charge on any atom is 0.260 e. The smallest absolute Gasteiger partial charge is 0.260 e. The van der Waals surface area contributed by atoms with Crippen LogP contribution in [0.25, 0.3) is 0 Å². The van der Waals surface area contributed by atoms with E-state index >= 15 is 0 Å². The van der Waals surface area contributed by atoms with Crippen LogP contribution in [0.5, 0.6) is 0 Å². The van der Waals surface area contributed by atoms with Gasteiger partial charge in [-0.1, -0.05) is 13.8 Å². The first-order chi connectivity index (χ1) is 11.8. The predicted molar refractivity (Wildman–Crippen MR) is 93.9 cm³/mol. The summed E-state index contributed by atoms with van der Waals surface area (Å²) in [4.78, 5) is 2.51. The zero-order valence-electron chi connectivity index (χ0n) is 15.3.